The fourth-order valence-electron chi connectivity index (χ4n) is 7.73. The predicted octanol–water partition coefficient (Wildman–Crippen LogP) is 5.71. The van der Waals surface area contributed by atoms with Gasteiger partial charge in [-0.3, -0.25) is 4.90 Å². The summed E-state index contributed by atoms with van der Waals surface area (Å²) in [6, 6.07) is 5.06. The van der Waals surface area contributed by atoms with E-state index in [2.05, 4.69) is 25.1 Å². The lowest BCUT2D eigenvalue weighted by Gasteiger charge is -2.43. The fourth-order valence-corrected chi connectivity index (χ4v) is 8.79. The maximum atomic E-state index is 16.7. The first-order valence-electron chi connectivity index (χ1n) is 14.9. The van der Waals surface area contributed by atoms with Crippen LogP contribution in [-0.2, 0) is 0 Å². The number of nitrogens with one attached hydrogen (secondary N) is 1. The second-order valence-corrected chi connectivity index (χ2v) is 13.8. The van der Waals surface area contributed by atoms with Gasteiger partial charge in [0.25, 0.3) is 0 Å². The molecule has 4 saturated heterocycles. The first-order valence-corrected chi connectivity index (χ1v) is 16.0. The number of benzene rings is 2. The molecule has 4 aliphatic heterocycles. The van der Waals surface area contributed by atoms with Gasteiger partial charge in [-0.05, 0) is 50.4 Å². The van der Waals surface area contributed by atoms with Crippen LogP contribution in [0, 0.1) is 11.6 Å². The summed E-state index contributed by atoms with van der Waals surface area (Å²) in [6.07, 6.45) is 4.59. The Hall–Kier alpha value is -2.93. The van der Waals surface area contributed by atoms with Gasteiger partial charge in [0.2, 0.25) is 0 Å². The number of aromatic nitrogens is 3. The van der Waals surface area contributed by atoms with Crippen molar-refractivity contribution in [2.75, 3.05) is 43.4 Å². The topological polar surface area (TPSA) is 92.4 Å². The van der Waals surface area contributed by atoms with Crippen molar-refractivity contribution in [2.45, 2.75) is 62.3 Å². The van der Waals surface area contributed by atoms with Gasteiger partial charge in [0, 0.05) is 54.7 Å². The third kappa shape index (κ3) is 4.60. The third-order valence-electron chi connectivity index (χ3n) is 9.61. The van der Waals surface area contributed by atoms with Crippen LogP contribution in [0.5, 0.6) is 6.01 Å². The van der Waals surface area contributed by atoms with Crippen molar-refractivity contribution in [3.8, 4) is 17.1 Å². The molecule has 13 heteroatoms. The number of ether oxygens (including phenoxy) is 1. The van der Waals surface area contributed by atoms with E-state index in [4.69, 9.17) is 27.1 Å². The zero-order valence-corrected chi connectivity index (χ0v) is 25.0. The number of hydrogen-bond acceptors (Lipinski definition) is 9. The second kappa shape index (κ2) is 10.3. The lowest BCUT2D eigenvalue weighted by Crippen LogP contribution is -2.59. The molecule has 2 aromatic carbocycles. The highest BCUT2D eigenvalue weighted by molar-refractivity contribution is 7.22. The summed E-state index contributed by atoms with van der Waals surface area (Å²) in [7, 11) is 0. The molecule has 6 heterocycles. The first-order chi connectivity index (χ1) is 20.8. The maximum absolute atomic E-state index is 16.7. The normalized spacial score (nSPS) is 27.3. The van der Waals surface area contributed by atoms with Crippen LogP contribution >= 0.6 is 22.9 Å². The lowest BCUT2D eigenvalue weighted by molar-refractivity contribution is 0.107. The van der Waals surface area contributed by atoms with Crippen molar-refractivity contribution in [3.05, 3.63) is 34.9 Å². The molecule has 226 valence electrons. The van der Waals surface area contributed by atoms with Gasteiger partial charge in [0.05, 0.1) is 20.8 Å². The molecule has 0 spiro atoms. The summed E-state index contributed by atoms with van der Waals surface area (Å²) in [5.74, 6) is -0.600. The monoisotopic (exact) mass is 629 g/mol. The van der Waals surface area contributed by atoms with Crippen LogP contribution in [0.1, 0.15) is 38.5 Å². The number of thiazole rings is 1. The number of alkyl halides is 1. The molecule has 0 saturated carbocycles. The van der Waals surface area contributed by atoms with Gasteiger partial charge in [-0.25, -0.2) is 18.2 Å². The van der Waals surface area contributed by atoms with Crippen molar-refractivity contribution in [1.82, 2.24) is 25.2 Å². The van der Waals surface area contributed by atoms with E-state index in [0.717, 1.165) is 43.6 Å². The molecule has 0 aliphatic carbocycles. The Bertz CT molecular complexity index is 1740. The largest absolute Gasteiger partial charge is 0.461 e. The second-order valence-electron chi connectivity index (χ2n) is 12.4. The maximum Gasteiger partial charge on any atom is 0.319 e. The zero-order chi connectivity index (χ0) is 29.5. The van der Waals surface area contributed by atoms with Gasteiger partial charge in [0.15, 0.2) is 10.9 Å². The molecule has 43 heavy (non-hydrogen) atoms. The molecular formula is C30H31ClF3N7OS. The summed E-state index contributed by atoms with van der Waals surface area (Å²) >= 11 is 7.81. The van der Waals surface area contributed by atoms with E-state index >= 15 is 4.39 Å². The predicted molar refractivity (Wildman–Crippen MR) is 163 cm³/mol. The van der Waals surface area contributed by atoms with Crippen LogP contribution in [0.3, 0.4) is 0 Å². The third-order valence-corrected chi connectivity index (χ3v) is 10.8. The van der Waals surface area contributed by atoms with Crippen molar-refractivity contribution in [3.63, 3.8) is 0 Å². The number of rotatable bonds is 5. The zero-order valence-electron chi connectivity index (χ0n) is 23.4. The number of halogens is 4. The van der Waals surface area contributed by atoms with Gasteiger partial charge in [0.1, 0.15) is 29.9 Å². The standard InChI is InChI=1S/C30H31ClF3N7OS/c31-20-9-19-24(23(34)22(20)18-5-6-21(33)26-25(18)37-28(35)43-26)38-29(42-14-30-7-2-8-41(30)11-15(32)10-30)39-27(19)40-12-16-3-1-4-17(13-40)36-16/h5-6,9,15-17,36H,1-4,7-8,10-14H2,(H2,35,37)/t15-,16?,17?,30+/m1/s1. The smallest absolute Gasteiger partial charge is 0.319 e. The highest BCUT2D eigenvalue weighted by atomic mass is 35.5. The van der Waals surface area contributed by atoms with Crippen molar-refractivity contribution >= 4 is 55.0 Å². The summed E-state index contributed by atoms with van der Waals surface area (Å²) in [4.78, 5) is 18.0. The van der Waals surface area contributed by atoms with Crippen molar-refractivity contribution < 1.29 is 17.9 Å². The van der Waals surface area contributed by atoms with Crippen LogP contribution in [-0.4, -0.2) is 76.4 Å². The van der Waals surface area contributed by atoms with Crippen LogP contribution in [0.4, 0.5) is 24.1 Å². The molecule has 4 aliphatic rings. The number of nitrogens with two attached hydrogens (primary N) is 1. The molecule has 0 amide bonds. The summed E-state index contributed by atoms with van der Waals surface area (Å²) in [5, 5.41) is 4.46. The minimum absolute atomic E-state index is 0.0454. The summed E-state index contributed by atoms with van der Waals surface area (Å²) in [6.45, 7) is 2.88. The van der Waals surface area contributed by atoms with E-state index in [-0.39, 0.29) is 44.1 Å². The Kier molecular flexibility index (Phi) is 6.63. The van der Waals surface area contributed by atoms with Crippen LogP contribution in [0.25, 0.3) is 32.2 Å². The summed E-state index contributed by atoms with van der Waals surface area (Å²) in [5.41, 5.74) is 6.19. The molecule has 4 aromatic rings. The van der Waals surface area contributed by atoms with Gasteiger partial charge in [-0.15, -0.1) is 0 Å². The molecule has 0 radical (unpaired) electrons. The van der Waals surface area contributed by atoms with Crippen LogP contribution in [0.2, 0.25) is 5.02 Å². The summed E-state index contributed by atoms with van der Waals surface area (Å²) < 4.78 is 52.3. The fraction of sp³-hybridized carbons (Fsp3) is 0.500. The number of nitrogens with zero attached hydrogens (tertiary/aromatic N) is 5. The van der Waals surface area contributed by atoms with Crippen LogP contribution < -0.4 is 20.7 Å². The van der Waals surface area contributed by atoms with E-state index in [1.54, 1.807) is 6.07 Å². The molecule has 8 nitrogen and oxygen atoms in total. The quantitative estimate of drug-likeness (QED) is 0.290. The van der Waals surface area contributed by atoms with Gasteiger partial charge < -0.3 is 20.7 Å². The van der Waals surface area contributed by atoms with Crippen molar-refractivity contribution in [1.29, 1.82) is 0 Å². The van der Waals surface area contributed by atoms with E-state index in [1.807, 2.05) is 0 Å². The molecule has 8 rings (SSSR count). The number of piperazine rings is 1. The molecule has 4 atom stereocenters. The molecule has 3 N–H and O–H groups in total. The molecule has 2 aromatic heterocycles. The lowest BCUT2D eigenvalue weighted by atomic mass is 9.94. The van der Waals surface area contributed by atoms with E-state index in [1.165, 1.54) is 18.6 Å². The molecular weight excluding hydrogens is 599 g/mol. The molecule has 4 fully saturated rings. The van der Waals surface area contributed by atoms with Crippen molar-refractivity contribution in [2.24, 2.45) is 0 Å². The minimum atomic E-state index is -0.897. The van der Waals surface area contributed by atoms with E-state index in [9.17, 15) is 8.78 Å². The Morgan fingerprint density at radius 2 is 1.91 bits per heavy atom. The van der Waals surface area contributed by atoms with E-state index < -0.39 is 23.3 Å². The highest BCUT2D eigenvalue weighted by Gasteiger charge is 2.49. The Balaban J connectivity index is 1.26. The van der Waals surface area contributed by atoms with Gasteiger partial charge in [-0.1, -0.05) is 29.4 Å². The number of piperidine rings is 1. The Labute approximate surface area is 255 Å². The van der Waals surface area contributed by atoms with Gasteiger partial charge in [-0.2, -0.15) is 9.97 Å². The average molecular weight is 630 g/mol. The van der Waals surface area contributed by atoms with Crippen LogP contribution in [0.15, 0.2) is 18.2 Å². The molecule has 2 bridgehead atoms. The SMILES string of the molecule is Nc1nc2c(-c3c(Cl)cc4c(N5CC6CCCC(C5)N6)nc(OC[C@@]56CCCN5C[C@H](F)C6)nc4c3F)ccc(F)c2s1. The van der Waals surface area contributed by atoms with Gasteiger partial charge >= 0.3 is 6.01 Å². The first kappa shape index (κ1) is 27.6. The number of nitrogen functional groups attached to an aromatic ring is 1. The molecule has 2 unspecified atom stereocenters. The van der Waals surface area contributed by atoms with E-state index in [0.29, 0.717) is 54.9 Å². The minimum Gasteiger partial charge on any atom is -0.461 e. The highest BCUT2D eigenvalue weighted by Crippen LogP contribution is 2.44. The number of fused-ring (bicyclic) bond motifs is 5. The Morgan fingerprint density at radius 3 is 2.72 bits per heavy atom. The number of hydrogen-bond donors (Lipinski definition) is 2. The number of anilines is 2. The average Bonchev–Trinajstić information content (AvgIpc) is 3.64. The Morgan fingerprint density at radius 1 is 1.09 bits per heavy atom.